The quantitative estimate of drug-likeness (QED) is 0.509. The summed E-state index contributed by atoms with van der Waals surface area (Å²) in [5.74, 6) is -0.00323. The third-order valence-electron chi connectivity index (χ3n) is 4.67. The summed E-state index contributed by atoms with van der Waals surface area (Å²) in [6.07, 6.45) is 1.89. The molecule has 1 aliphatic carbocycles. The van der Waals surface area contributed by atoms with Gasteiger partial charge in [-0.3, -0.25) is 14.4 Å². The molecule has 1 aromatic heterocycles. The third kappa shape index (κ3) is 6.76. The van der Waals surface area contributed by atoms with Gasteiger partial charge in [0, 0.05) is 30.6 Å². The predicted molar refractivity (Wildman–Crippen MR) is 116 cm³/mol. The van der Waals surface area contributed by atoms with Crippen LogP contribution in [-0.4, -0.2) is 67.6 Å². The van der Waals surface area contributed by atoms with Crippen LogP contribution in [0.3, 0.4) is 0 Å². The van der Waals surface area contributed by atoms with Gasteiger partial charge in [0.2, 0.25) is 11.8 Å². The molecule has 0 atom stereocenters. The van der Waals surface area contributed by atoms with Crippen LogP contribution in [0.15, 0.2) is 29.6 Å². The maximum Gasteiger partial charge on any atom is 0.254 e. The SMILES string of the molecule is COCCNC(=O)Cc1csc(NC(=O)CN(C(=O)c2ccc(OC)cc2)C2CC2)n1. The van der Waals surface area contributed by atoms with Gasteiger partial charge in [0.25, 0.3) is 5.91 Å². The van der Waals surface area contributed by atoms with Crippen molar-refractivity contribution in [2.45, 2.75) is 25.3 Å². The molecule has 9 nitrogen and oxygen atoms in total. The summed E-state index contributed by atoms with van der Waals surface area (Å²) in [5, 5.41) is 7.58. The Hall–Kier alpha value is -2.98. The van der Waals surface area contributed by atoms with Crippen molar-refractivity contribution >= 4 is 34.2 Å². The molecular weight excluding hydrogens is 420 g/mol. The molecule has 2 aromatic rings. The van der Waals surface area contributed by atoms with Crippen LogP contribution < -0.4 is 15.4 Å². The second-order valence-electron chi connectivity index (χ2n) is 7.10. The van der Waals surface area contributed by atoms with E-state index in [1.54, 1.807) is 48.8 Å². The molecule has 0 unspecified atom stereocenters. The van der Waals surface area contributed by atoms with E-state index >= 15 is 0 Å². The number of methoxy groups -OCH3 is 2. The minimum atomic E-state index is -0.320. The number of amides is 3. The van der Waals surface area contributed by atoms with Gasteiger partial charge in [0.15, 0.2) is 5.13 Å². The molecule has 1 aromatic carbocycles. The molecule has 2 N–H and O–H groups in total. The van der Waals surface area contributed by atoms with Crippen LogP contribution in [0.4, 0.5) is 5.13 Å². The van der Waals surface area contributed by atoms with Crippen molar-refractivity contribution in [3.05, 3.63) is 40.9 Å². The first-order valence-electron chi connectivity index (χ1n) is 9.95. The number of hydrogen-bond donors (Lipinski definition) is 2. The van der Waals surface area contributed by atoms with Crippen molar-refractivity contribution in [3.8, 4) is 5.75 Å². The standard InChI is InChI=1S/C21H26N4O5S/c1-29-10-9-22-18(26)11-15-13-31-21(23-15)24-19(27)12-25(16-5-6-16)20(28)14-3-7-17(30-2)8-4-14/h3-4,7-8,13,16H,5-6,9-12H2,1-2H3,(H,22,26)(H,23,24,27). The number of hydrogen-bond acceptors (Lipinski definition) is 7. The Morgan fingerprint density at radius 2 is 1.90 bits per heavy atom. The van der Waals surface area contributed by atoms with E-state index in [2.05, 4.69) is 15.6 Å². The van der Waals surface area contributed by atoms with Crippen LogP contribution in [0.5, 0.6) is 5.75 Å². The molecule has 0 saturated heterocycles. The number of rotatable bonds is 11. The minimum absolute atomic E-state index is 0.0536. The molecule has 1 fully saturated rings. The molecule has 1 heterocycles. The molecule has 0 aliphatic heterocycles. The van der Waals surface area contributed by atoms with Crippen molar-refractivity contribution in [2.24, 2.45) is 0 Å². The molecule has 31 heavy (non-hydrogen) atoms. The fourth-order valence-electron chi connectivity index (χ4n) is 2.93. The van der Waals surface area contributed by atoms with E-state index in [4.69, 9.17) is 9.47 Å². The van der Waals surface area contributed by atoms with E-state index < -0.39 is 0 Å². The lowest BCUT2D eigenvalue weighted by molar-refractivity contribution is -0.120. The maximum absolute atomic E-state index is 12.9. The fourth-order valence-corrected chi connectivity index (χ4v) is 3.66. The van der Waals surface area contributed by atoms with Gasteiger partial charge in [-0.15, -0.1) is 11.3 Å². The van der Waals surface area contributed by atoms with Crippen LogP contribution in [0, 0.1) is 0 Å². The van der Waals surface area contributed by atoms with Crippen LogP contribution in [0.1, 0.15) is 28.9 Å². The van der Waals surface area contributed by atoms with E-state index in [0.29, 0.717) is 35.3 Å². The summed E-state index contributed by atoms with van der Waals surface area (Å²) < 4.78 is 10.0. The van der Waals surface area contributed by atoms with Crippen molar-refractivity contribution in [3.63, 3.8) is 0 Å². The van der Waals surface area contributed by atoms with Gasteiger partial charge in [-0.1, -0.05) is 0 Å². The zero-order chi connectivity index (χ0) is 22.2. The van der Waals surface area contributed by atoms with Crippen molar-refractivity contribution in [1.82, 2.24) is 15.2 Å². The highest BCUT2D eigenvalue weighted by molar-refractivity contribution is 7.13. The summed E-state index contributed by atoms with van der Waals surface area (Å²) in [6, 6.07) is 6.91. The van der Waals surface area contributed by atoms with Crippen molar-refractivity contribution < 1.29 is 23.9 Å². The first-order valence-corrected chi connectivity index (χ1v) is 10.8. The first kappa shape index (κ1) is 22.7. The summed E-state index contributed by atoms with van der Waals surface area (Å²) in [4.78, 5) is 43.2. The molecule has 166 valence electrons. The molecule has 0 bridgehead atoms. The number of thiazole rings is 1. The topological polar surface area (TPSA) is 110 Å². The van der Waals surface area contributed by atoms with E-state index in [9.17, 15) is 14.4 Å². The van der Waals surface area contributed by atoms with E-state index in [1.165, 1.54) is 11.3 Å². The highest BCUT2D eigenvalue weighted by Gasteiger charge is 2.34. The molecule has 10 heteroatoms. The lowest BCUT2D eigenvalue weighted by Gasteiger charge is -2.21. The Kier molecular flexibility index (Phi) is 7.96. The lowest BCUT2D eigenvalue weighted by atomic mass is 10.2. The minimum Gasteiger partial charge on any atom is -0.497 e. The predicted octanol–water partition coefficient (Wildman–Crippen LogP) is 1.70. The highest BCUT2D eigenvalue weighted by Crippen LogP contribution is 2.28. The number of aromatic nitrogens is 1. The van der Waals surface area contributed by atoms with Crippen LogP contribution in [0.2, 0.25) is 0 Å². The summed E-state index contributed by atoms with van der Waals surface area (Å²) >= 11 is 1.24. The van der Waals surface area contributed by atoms with Gasteiger partial charge in [-0.25, -0.2) is 4.98 Å². The number of anilines is 1. The van der Waals surface area contributed by atoms with Gasteiger partial charge in [-0.05, 0) is 37.1 Å². The Labute approximate surface area is 184 Å². The molecule has 0 radical (unpaired) electrons. The number of nitrogens with one attached hydrogen (secondary N) is 2. The Balaban J connectivity index is 1.54. The number of carbonyl (C=O) groups is 3. The number of nitrogens with zero attached hydrogens (tertiary/aromatic N) is 2. The molecule has 3 rings (SSSR count). The second-order valence-corrected chi connectivity index (χ2v) is 7.96. The lowest BCUT2D eigenvalue weighted by Crippen LogP contribution is -2.39. The van der Waals surface area contributed by atoms with Gasteiger partial charge in [0.1, 0.15) is 12.3 Å². The van der Waals surface area contributed by atoms with Crippen LogP contribution in [-0.2, 0) is 20.7 Å². The van der Waals surface area contributed by atoms with Gasteiger partial charge >= 0.3 is 0 Å². The number of carbonyl (C=O) groups excluding carboxylic acids is 3. The van der Waals surface area contributed by atoms with Crippen molar-refractivity contribution in [2.75, 3.05) is 39.2 Å². The maximum atomic E-state index is 12.9. The fraction of sp³-hybridized carbons (Fsp3) is 0.429. The summed E-state index contributed by atoms with van der Waals surface area (Å²) in [5.41, 5.74) is 1.08. The highest BCUT2D eigenvalue weighted by atomic mass is 32.1. The molecular formula is C21H26N4O5S. The van der Waals surface area contributed by atoms with Crippen LogP contribution in [0.25, 0.3) is 0 Å². The summed E-state index contributed by atoms with van der Waals surface area (Å²) in [6.45, 7) is 0.821. The zero-order valence-corrected chi connectivity index (χ0v) is 18.4. The largest absolute Gasteiger partial charge is 0.497 e. The van der Waals surface area contributed by atoms with Crippen molar-refractivity contribution in [1.29, 1.82) is 0 Å². The van der Waals surface area contributed by atoms with Gasteiger partial charge in [0.05, 0.1) is 25.8 Å². The van der Waals surface area contributed by atoms with Gasteiger partial charge < -0.3 is 25.0 Å². The summed E-state index contributed by atoms with van der Waals surface area (Å²) in [7, 11) is 3.13. The van der Waals surface area contributed by atoms with E-state index in [1.807, 2.05) is 0 Å². The zero-order valence-electron chi connectivity index (χ0n) is 17.6. The van der Waals surface area contributed by atoms with Crippen LogP contribution >= 0.6 is 11.3 Å². The Morgan fingerprint density at radius 3 is 2.55 bits per heavy atom. The smallest absolute Gasteiger partial charge is 0.254 e. The monoisotopic (exact) mass is 446 g/mol. The average Bonchev–Trinajstić information content (AvgIpc) is 3.52. The Bertz CT molecular complexity index is 911. The van der Waals surface area contributed by atoms with E-state index in [0.717, 1.165) is 12.8 Å². The number of benzene rings is 1. The molecule has 1 aliphatic rings. The third-order valence-corrected chi connectivity index (χ3v) is 5.47. The molecule has 0 spiro atoms. The van der Waals surface area contributed by atoms with E-state index in [-0.39, 0.29) is 36.7 Å². The first-order chi connectivity index (χ1) is 15.0. The normalized spacial score (nSPS) is 12.8. The number of ether oxygens (including phenoxy) is 2. The molecule has 3 amide bonds. The second kappa shape index (κ2) is 10.9. The Morgan fingerprint density at radius 1 is 1.16 bits per heavy atom. The average molecular weight is 447 g/mol. The molecule has 1 saturated carbocycles. The van der Waals surface area contributed by atoms with Gasteiger partial charge in [-0.2, -0.15) is 0 Å².